The van der Waals surface area contributed by atoms with Gasteiger partial charge in [0, 0.05) is 11.1 Å². The third kappa shape index (κ3) is 3.12. The SMILES string of the molecule is N#Cc1ccccc1COc1ccc2ccccc2c1C=NN1C(=O)C2C3C=CC(C3)C2C1=O. The maximum atomic E-state index is 13.0. The second-order valence-corrected chi connectivity index (χ2v) is 8.99. The molecular formula is C28H21N3O3. The van der Waals surface area contributed by atoms with Crippen LogP contribution in [0.3, 0.4) is 0 Å². The number of amides is 2. The van der Waals surface area contributed by atoms with Gasteiger partial charge in [-0.3, -0.25) is 9.59 Å². The van der Waals surface area contributed by atoms with Crippen LogP contribution in [0.5, 0.6) is 5.75 Å². The quantitative estimate of drug-likeness (QED) is 0.329. The van der Waals surface area contributed by atoms with Gasteiger partial charge in [-0.25, -0.2) is 0 Å². The van der Waals surface area contributed by atoms with Crippen molar-refractivity contribution in [3.05, 3.63) is 89.5 Å². The summed E-state index contributed by atoms with van der Waals surface area (Å²) in [5.74, 6) is -0.152. The number of allylic oxidation sites excluding steroid dienone is 2. The maximum Gasteiger partial charge on any atom is 0.254 e. The lowest BCUT2D eigenvalue weighted by Gasteiger charge is -2.14. The topological polar surface area (TPSA) is 82.8 Å². The number of hydrogen-bond acceptors (Lipinski definition) is 5. The number of ether oxygens (including phenoxy) is 1. The highest BCUT2D eigenvalue weighted by Gasteiger charge is 2.59. The molecule has 4 unspecified atom stereocenters. The number of benzene rings is 3. The van der Waals surface area contributed by atoms with E-state index in [1.807, 2.05) is 54.6 Å². The fourth-order valence-electron chi connectivity index (χ4n) is 5.56. The predicted molar refractivity (Wildman–Crippen MR) is 127 cm³/mol. The van der Waals surface area contributed by atoms with Crippen LogP contribution >= 0.6 is 0 Å². The number of rotatable bonds is 5. The highest BCUT2D eigenvalue weighted by Crippen LogP contribution is 2.52. The van der Waals surface area contributed by atoms with Crippen molar-refractivity contribution < 1.29 is 14.3 Å². The molecule has 4 atom stereocenters. The molecule has 0 aromatic heterocycles. The first-order valence-corrected chi connectivity index (χ1v) is 11.4. The monoisotopic (exact) mass is 447 g/mol. The van der Waals surface area contributed by atoms with Gasteiger partial charge in [0.15, 0.2) is 0 Å². The van der Waals surface area contributed by atoms with Gasteiger partial charge < -0.3 is 4.74 Å². The zero-order chi connectivity index (χ0) is 23.2. The standard InChI is InChI=1S/C28H21N3O3/c29-14-20-6-1-2-7-21(20)16-34-24-12-11-17-5-3-4-8-22(17)23(24)15-30-31-27(32)25-18-9-10-19(13-18)26(25)28(31)33/h1-12,15,18-19,25-26H,13,16H2. The minimum Gasteiger partial charge on any atom is -0.488 e. The molecule has 1 saturated heterocycles. The van der Waals surface area contributed by atoms with Crippen LogP contribution in [0.1, 0.15) is 23.1 Å². The predicted octanol–water partition coefficient (Wildman–Crippen LogP) is 4.43. The molecule has 0 radical (unpaired) electrons. The van der Waals surface area contributed by atoms with Crippen molar-refractivity contribution in [3.8, 4) is 11.8 Å². The van der Waals surface area contributed by atoms with Crippen LogP contribution in [0.15, 0.2) is 77.9 Å². The number of nitrogens with zero attached hydrogens (tertiary/aromatic N) is 3. The van der Waals surface area contributed by atoms with E-state index in [1.54, 1.807) is 12.3 Å². The average Bonchev–Trinajstić information content (AvgIpc) is 3.56. The van der Waals surface area contributed by atoms with E-state index in [2.05, 4.69) is 23.3 Å². The van der Waals surface area contributed by atoms with Crippen molar-refractivity contribution in [2.24, 2.45) is 28.8 Å². The van der Waals surface area contributed by atoms with Crippen molar-refractivity contribution in [2.45, 2.75) is 13.0 Å². The van der Waals surface area contributed by atoms with Gasteiger partial charge in [-0.1, -0.05) is 60.7 Å². The molecule has 6 nitrogen and oxygen atoms in total. The number of hydrogen-bond donors (Lipinski definition) is 0. The molecule has 166 valence electrons. The van der Waals surface area contributed by atoms with Crippen LogP contribution in [-0.2, 0) is 16.2 Å². The van der Waals surface area contributed by atoms with Crippen molar-refractivity contribution in [2.75, 3.05) is 0 Å². The second-order valence-electron chi connectivity index (χ2n) is 8.99. The molecule has 3 aromatic rings. The summed E-state index contributed by atoms with van der Waals surface area (Å²) < 4.78 is 6.12. The first-order valence-electron chi connectivity index (χ1n) is 11.4. The molecule has 0 spiro atoms. The number of carbonyl (C=O) groups excluding carboxylic acids is 2. The number of fused-ring (bicyclic) bond motifs is 6. The lowest BCUT2D eigenvalue weighted by atomic mass is 9.85. The molecule has 2 amide bonds. The summed E-state index contributed by atoms with van der Waals surface area (Å²) in [5.41, 5.74) is 2.02. The zero-order valence-corrected chi connectivity index (χ0v) is 18.3. The highest BCUT2D eigenvalue weighted by molar-refractivity contribution is 6.08. The van der Waals surface area contributed by atoms with E-state index in [9.17, 15) is 14.9 Å². The lowest BCUT2D eigenvalue weighted by Crippen LogP contribution is -2.28. The molecule has 1 aliphatic heterocycles. The second kappa shape index (κ2) is 7.96. The fraction of sp³-hybridized carbons (Fsp3) is 0.214. The molecule has 2 bridgehead atoms. The van der Waals surface area contributed by atoms with E-state index in [0.717, 1.165) is 27.8 Å². The summed E-state index contributed by atoms with van der Waals surface area (Å²) in [4.78, 5) is 26.1. The Morgan fingerprint density at radius 2 is 1.68 bits per heavy atom. The molecule has 6 heteroatoms. The van der Waals surface area contributed by atoms with Crippen LogP contribution in [-0.4, -0.2) is 23.0 Å². The van der Waals surface area contributed by atoms with Gasteiger partial charge in [0.2, 0.25) is 0 Å². The van der Waals surface area contributed by atoms with Crippen LogP contribution < -0.4 is 4.74 Å². The Hall–Kier alpha value is -4.24. The van der Waals surface area contributed by atoms with E-state index in [1.165, 1.54) is 0 Å². The Morgan fingerprint density at radius 1 is 0.971 bits per heavy atom. The molecule has 0 N–H and O–H groups in total. The van der Waals surface area contributed by atoms with Gasteiger partial charge in [0.25, 0.3) is 11.8 Å². The highest BCUT2D eigenvalue weighted by atomic mass is 16.5. The van der Waals surface area contributed by atoms with Crippen LogP contribution in [0.2, 0.25) is 0 Å². The van der Waals surface area contributed by atoms with Crippen molar-refractivity contribution >= 4 is 28.8 Å². The molecule has 2 fully saturated rings. The summed E-state index contributed by atoms with van der Waals surface area (Å²) in [5, 5.41) is 16.7. The molecule has 3 aliphatic rings. The number of hydrazone groups is 1. The van der Waals surface area contributed by atoms with E-state index in [0.29, 0.717) is 16.9 Å². The Morgan fingerprint density at radius 3 is 2.44 bits per heavy atom. The van der Waals surface area contributed by atoms with Crippen molar-refractivity contribution in [3.63, 3.8) is 0 Å². The van der Waals surface area contributed by atoms with E-state index >= 15 is 0 Å². The van der Waals surface area contributed by atoms with Gasteiger partial charge in [0.1, 0.15) is 12.4 Å². The first-order chi connectivity index (χ1) is 16.7. The molecule has 2 aliphatic carbocycles. The third-order valence-electron chi connectivity index (χ3n) is 7.20. The smallest absolute Gasteiger partial charge is 0.254 e. The molecule has 3 aromatic carbocycles. The van der Waals surface area contributed by atoms with E-state index in [-0.39, 0.29) is 42.1 Å². The Balaban J connectivity index is 1.34. The summed E-state index contributed by atoms with van der Waals surface area (Å²) >= 11 is 0. The van der Waals surface area contributed by atoms with E-state index in [4.69, 9.17) is 4.74 Å². The zero-order valence-electron chi connectivity index (χ0n) is 18.3. The van der Waals surface area contributed by atoms with Crippen molar-refractivity contribution in [1.82, 2.24) is 5.01 Å². The number of nitriles is 1. The summed E-state index contributed by atoms with van der Waals surface area (Å²) in [6.07, 6.45) is 6.58. The number of carbonyl (C=O) groups is 2. The first kappa shape index (κ1) is 20.4. The normalized spacial score (nSPS) is 24.9. The lowest BCUT2D eigenvalue weighted by molar-refractivity contribution is -0.140. The van der Waals surface area contributed by atoms with E-state index < -0.39 is 0 Å². The fourth-order valence-corrected chi connectivity index (χ4v) is 5.56. The Labute approximate surface area is 196 Å². The molecular weight excluding hydrogens is 426 g/mol. The van der Waals surface area contributed by atoms with Gasteiger partial charge >= 0.3 is 0 Å². The minimum atomic E-state index is -0.287. The summed E-state index contributed by atoms with van der Waals surface area (Å²) in [6.45, 7) is 0.212. The molecule has 34 heavy (non-hydrogen) atoms. The summed E-state index contributed by atoms with van der Waals surface area (Å²) in [7, 11) is 0. The molecule has 6 rings (SSSR count). The van der Waals surface area contributed by atoms with Gasteiger partial charge in [-0.2, -0.15) is 15.4 Å². The molecule has 1 saturated carbocycles. The van der Waals surface area contributed by atoms with Crippen LogP contribution in [0.25, 0.3) is 10.8 Å². The van der Waals surface area contributed by atoms with Crippen molar-refractivity contribution in [1.29, 1.82) is 5.26 Å². The van der Waals surface area contributed by atoms with Gasteiger partial charge in [-0.05, 0) is 41.2 Å². The largest absolute Gasteiger partial charge is 0.488 e. The van der Waals surface area contributed by atoms with Crippen LogP contribution in [0.4, 0.5) is 0 Å². The number of imide groups is 1. The molecule has 1 heterocycles. The Bertz CT molecular complexity index is 1400. The maximum absolute atomic E-state index is 13.0. The van der Waals surface area contributed by atoms with Gasteiger partial charge in [-0.15, -0.1) is 0 Å². The minimum absolute atomic E-state index is 0.142. The average molecular weight is 447 g/mol. The third-order valence-corrected chi connectivity index (χ3v) is 7.20. The Kier molecular flexibility index (Phi) is 4.77. The summed E-state index contributed by atoms with van der Waals surface area (Å²) in [6, 6.07) is 21.1. The van der Waals surface area contributed by atoms with Gasteiger partial charge in [0.05, 0.1) is 29.7 Å². The van der Waals surface area contributed by atoms with Crippen LogP contribution in [0, 0.1) is 35.0 Å².